The van der Waals surface area contributed by atoms with Gasteiger partial charge < -0.3 is 29.3 Å². The highest BCUT2D eigenvalue weighted by atomic mass is 16.5. The van der Waals surface area contributed by atoms with E-state index in [2.05, 4.69) is 10.6 Å². The number of furan rings is 1. The van der Waals surface area contributed by atoms with E-state index in [4.69, 9.17) is 18.6 Å². The minimum absolute atomic E-state index is 0.0307. The van der Waals surface area contributed by atoms with Gasteiger partial charge in [-0.1, -0.05) is 30.3 Å². The van der Waals surface area contributed by atoms with Crippen molar-refractivity contribution in [3.8, 4) is 17.2 Å². The Morgan fingerprint density at radius 3 is 2.42 bits per heavy atom. The van der Waals surface area contributed by atoms with Crippen LogP contribution in [0.1, 0.15) is 10.6 Å². The molecule has 0 spiro atoms. The third kappa shape index (κ3) is 4.90. The topological polar surface area (TPSA) is 99.0 Å². The summed E-state index contributed by atoms with van der Waals surface area (Å²) in [5.41, 5.74) is 1.20. The molecule has 0 unspecified atom stereocenters. The van der Waals surface area contributed by atoms with Crippen LogP contribution in [-0.4, -0.2) is 32.6 Å². The van der Waals surface area contributed by atoms with E-state index in [0.29, 0.717) is 33.9 Å². The van der Waals surface area contributed by atoms with Crippen LogP contribution in [0.2, 0.25) is 0 Å². The van der Waals surface area contributed by atoms with Crippen LogP contribution in [-0.2, 0) is 4.79 Å². The standard InChI is InChI=1S/C25H22N2O6/c1-30-16-8-7-9-17(14-16)32-15-22(28)27-23-18-10-3-5-12-20(18)33-24(23)25(29)26-19-11-4-6-13-21(19)31-2/h3-14H,15H2,1-2H3,(H,26,29)(H,27,28). The Hall–Kier alpha value is -4.46. The number of amides is 2. The third-order valence-corrected chi connectivity index (χ3v) is 4.83. The van der Waals surface area contributed by atoms with Gasteiger partial charge in [0.05, 0.1) is 19.9 Å². The monoisotopic (exact) mass is 446 g/mol. The molecule has 4 rings (SSSR count). The molecule has 4 aromatic rings. The van der Waals surface area contributed by atoms with Gasteiger partial charge in [0.25, 0.3) is 11.8 Å². The minimum atomic E-state index is -0.528. The van der Waals surface area contributed by atoms with E-state index < -0.39 is 11.8 Å². The molecule has 0 saturated heterocycles. The quantitative estimate of drug-likeness (QED) is 0.406. The van der Waals surface area contributed by atoms with Gasteiger partial charge in [0.2, 0.25) is 5.76 Å². The number of hydrogen-bond donors (Lipinski definition) is 2. The van der Waals surface area contributed by atoms with Gasteiger partial charge in [-0.25, -0.2) is 0 Å². The predicted molar refractivity (Wildman–Crippen MR) is 124 cm³/mol. The van der Waals surface area contributed by atoms with Crippen LogP contribution in [0, 0.1) is 0 Å². The van der Waals surface area contributed by atoms with Crippen LogP contribution >= 0.6 is 0 Å². The van der Waals surface area contributed by atoms with Crippen molar-refractivity contribution in [3.05, 3.63) is 78.6 Å². The lowest BCUT2D eigenvalue weighted by molar-refractivity contribution is -0.118. The number of nitrogens with one attached hydrogen (secondary N) is 2. The van der Waals surface area contributed by atoms with Crippen LogP contribution in [0.4, 0.5) is 11.4 Å². The maximum Gasteiger partial charge on any atom is 0.293 e. The summed E-state index contributed by atoms with van der Waals surface area (Å²) < 4.78 is 21.8. The molecular formula is C25H22N2O6. The van der Waals surface area contributed by atoms with Crippen LogP contribution in [0.5, 0.6) is 17.2 Å². The summed E-state index contributed by atoms with van der Waals surface area (Å²) in [6.07, 6.45) is 0. The van der Waals surface area contributed by atoms with Crippen molar-refractivity contribution in [2.24, 2.45) is 0 Å². The molecule has 1 heterocycles. The van der Waals surface area contributed by atoms with E-state index in [9.17, 15) is 9.59 Å². The molecule has 0 bridgehead atoms. The maximum atomic E-state index is 13.0. The van der Waals surface area contributed by atoms with Crippen molar-refractivity contribution >= 4 is 34.2 Å². The van der Waals surface area contributed by atoms with Crippen LogP contribution in [0.15, 0.2) is 77.2 Å². The molecule has 0 saturated carbocycles. The first kappa shape index (κ1) is 21.8. The number of methoxy groups -OCH3 is 2. The zero-order chi connectivity index (χ0) is 23.2. The summed E-state index contributed by atoms with van der Waals surface area (Å²) in [4.78, 5) is 25.7. The Balaban J connectivity index is 1.55. The first-order chi connectivity index (χ1) is 16.1. The molecule has 0 aliphatic carbocycles. The van der Waals surface area contributed by atoms with Crippen molar-refractivity contribution < 1.29 is 28.2 Å². The number of anilines is 2. The van der Waals surface area contributed by atoms with Gasteiger partial charge >= 0.3 is 0 Å². The lowest BCUT2D eigenvalue weighted by atomic mass is 10.2. The number of carbonyl (C=O) groups excluding carboxylic acids is 2. The highest BCUT2D eigenvalue weighted by molar-refractivity contribution is 6.15. The number of para-hydroxylation sites is 3. The van der Waals surface area contributed by atoms with Crippen molar-refractivity contribution in [2.75, 3.05) is 31.5 Å². The summed E-state index contributed by atoms with van der Waals surface area (Å²) in [5.74, 6) is 0.589. The lowest BCUT2D eigenvalue weighted by Gasteiger charge is -2.11. The number of carbonyl (C=O) groups is 2. The Kier molecular flexibility index (Phi) is 6.45. The summed E-state index contributed by atoms with van der Waals surface area (Å²) in [5, 5.41) is 6.11. The first-order valence-electron chi connectivity index (χ1n) is 10.1. The molecule has 2 N–H and O–H groups in total. The van der Waals surface area contributed by atoms with Gasteiger partial charge in [0, 0.05) is 11.5 Å². The molecule has 3 aromatic carbocycles. The highest BCUT2D eigenvalue weighted by Gasteiger charge is 2.23. The SMILES string of the molecule is COc1cccc(OCC(=O)Nc2c(C(=O)Nc3ccccc3OC)oc3ccccc23)c1. The summed E-state index contributed by atoms with van der Waals surface area (Å²) >= 11 is 0. The van der Waals surface area contributed by atoms with E-state index in [1.165, 1.54) is 7.11 Å². The highest BCUT2D eigenvalue weighted by Crippen LogP contribution is 2.32. The van der Waals surface area contributed by atoms with Crippen LogP contribution in [0.25, 0.3) is 11.0 Å². The fraction of sp³-hybridized carbons (Fsp3) is 0.120. The average Bonchev–Trinajstić information content (AvgIpc) is 3.21. The Labute approximate surface area is 190 Å². The van der Waals surface area contributed by atoms with Crippen molar-refractivity contribution in [1.29, 1.82) is 0 Å². The van der Waals surface area contributed by atoms with E-state index in [1.807, 2.05) is 0 Å². The molecular weight excluding hydrogens is 424 g/mol. The molecule has 0 aliphatic heterocycles. The predicted octanol–water partition coefficient (Wildman–Crippen LogP) is 4.72. The molecule has 2 amide bonds. The fourth-order valence-electron chi connectivity index (χ4n) is 3.27. The molecule has 8 heteroatoms. The van der Waals surface area contributed by atoms with Crippen molar-refractivity contribution in [3.63, 3.8) is 0 Å². The number of hydrogen-bond acceptors (Lipinski definition) is 6. The fourth-order valence-corrected chi connectivity index (χ4v) is 3.27. The van der Waals surface area contributed by atoms with Crippen molar-refractivity contribution in [2.45, 2.75) is 0 Å². The second kappa shape index (κ2) is 9.78. The molecule has 1 aromatic heterocycles. The smallest absolute Gasteiger partial charge is 0.293 e. The number of rotatable bonds is 8. The second-order valence-corrected chi connectivity index (χ2v) is 6.97. The van der Waals surface area contributed by atoms with Crippen molar-refractivity contribution in [1.82, 2.24) is 0 Å². The summed E-state index contributed by atoms with van der Waals surface area (Å²) in [6.45, 7) is -0.264. The summed E-state index contributed by atoms with van der Waals surface area (Å²) in [7, 11) is 3.06. The molecule has 0 atom stereocenters. The maximum absolute atomic E-state index is 13.0. The minimum Gasteiger partial charge on any atom is -0.497 e. The Morgan fingerprint density at radius 2 is 1.61 bits per heavy atom. The van der Waals surface area contributed by atoms with Gasteiger partial charge in [-0.05, 0) is 36.4 Å². The first-order valence-corrected chi connectivity index (χ1v) is 10.1. The van der Waals surface area contributed by atoms with Gasteiger partial charge in [-0.15, -0.1) is 0 Å². The van der Waals surface area contributed by atoms with Gasteiger partial charge in [-0.3, -0.25) is 9.59 Å². The molecule has 0 fully saturated rings. The zero-order valence-corrected chi connectivity index (χ0v) is 18.1. The number of fused-ring (bicyclic) bond motifs is 1. The largest absolute Gasteiger partial charge is 0.497 e. The molecule has 33 heavy (non-hydrogen) atoms. The van der Waals surface area contributed by atoms with E-state index in [1.54, 1.807) is 79.9 Å². The van der Waals surface area contributed by atoms with Crippen LogP contribution in [0.3, 0.4) is 0 Å². The van der Waals surface area contributed by atoms with Gasteiger partial charge in [-0.2, -0.15) is 0 Å². The summed E-state index contributed by atoms with van der Waals surface area (Å²) in [6, 6.07) is 21.0. The normalized spacial score (nSPS) is 10.5. The van der Waals surface area contributed by atoms with E-state index >= 15 is 0 Å². The van der Waals surface area contributed by atoms with E-state index in [-0.39, 0.29) is 18.1 Å². The molecule has 168 valence electrons. The number of benzene rings is 3. The zero-order valence-electron chi connectivity index (χ0n) is 18.1. The molecule has 0 aliphatic rings. The molecule has 0 radical (unpaired) electrons. The Bertz CT molecular complexity index is 1300. The Morgan fingerprint density at radius 1 is 0.848 bits per heavy atom. The van der Waals surface area contributed by atoms with Crippen LogP contribution < -0.4 is 24.8 Å². The average molecular weight is 446 g/mol. The number of ether oxygens (including phenoxy) is 3. The van der Waals surface area contributed by atoms with E-state index in [0.717, 1.165) is 0 Å². The second-order valence-electron chi connectivity index (χ2n) is 6.97. The van der Waals surface area contributed by atoms with Gasteiger partial charge in [0.1, 0.15) is 28.5 Å². The lowest BCUT2D eigenvalue weighted by Crippen LogP contribution is -2.22. The van der Waals surface area contributed by atoms with Gasteiger partial charge in [0.15, 0.2) is 6.61 Å². The molecule has 8 nitrogen and oxygen atoms in total. The third-order valence-electron chi connectivity index (χ3n) is 4.83.